The Morgan fingerprint density at radius 3 is 2.45 bits per heavy atom. The highest BCUT2D eigenvalue weighted by Gasteiger charge is 2.46. The highest BCUT2D eigenvalue weighted by Crippen LogP contribution is 2.60. The summed E-state index contributed by atoms with van der Waals surface area (Å²) in [5, 5.41) is 24.9. The fraction of sp³-hybridized carbons (Fsp3) is 0.348. The number of nitrogens with one attached hydrogen (secondary N) is 1. The molecule has 1 saturated heterocycles. The second kappa shape index (κ2) is 12.4. The zero-order chi connectivity index (χ0) is 29.1. The molecule has 0 spiro atoms. The maximum atomic E-state index is 12.4. The average molecular weight is 599 g/mol. The van der Waals surface area contributed by atoms with Crippen LogP contribution in [0.3, 0.4) is 0 Å². The molecule has 5 N–H and O–H groups in total. The number of nitrogens with zero attached hydrogens (tertiary/aromatic N) is 2. The molecule has 6 unspecified atom stereocenters. The quantitative estimate of drug-likeness (QED) is 0.199. The van der Waals surface area contributed by atoms with E-state index in [1.165, 1.54) is 12.3 Å². The van der Waals surface area contributed by atoms with Crippen LogP contribution >= 0.6 is 15.6 Å². The van der Waals surface area contributed by atoms with Gasteiger partial charge in [-0.3, -0.25) is 18.4 Å². The summed E-state index contributed by atoms with van der Waals surface area (Å²) in [7, 11) is -10.3. The predicted molar refractivity (Wildman–Crippen MR) is 139 cm³/mol. The first-order valence-corrected chi connectivity index (χ1v) is 14.9. The Balaban J connectivity index is 1.33. The number of ether oxygens (including phenoxy) is 1. The summed E-state index contributed by atoms with van der Waals surface area (Å²) < 4.78 is 44.7. The number of aromatic nitrogens is 2. The van der Waals surface area contributed by atoms with Gasteiger partial charge in [-0.05, 0) is 28.5 Å². The lowest BCUT2D eigenvalue weighted by molar-refractivity contribution is -0.115. The summed E-state index contributed by atoms with van der Waals surface area (Å²) in [6.45, 7) is 0.318. The van der Waals surface area contributed by atoms with Crippen molar-refractivity contribution in [3.8, 4) is 0 Å². The lowest BCUT2D eigenvalue weighted by Crippen LogP contribution is -2.36. The largest absolute Gasteiger partial charge is 0.481 e. The molecule has 216 valence electrons. The van der Waals surface area contributed by atoms with E-state index >= 15 is 0 Å². The number of amides is 1. The molecule has 0 radical (unpaired) electrons. The SMILES string of the molecule is CCC(=O)Nc1ccn(C2OC(COP(=O)(O)OP(=O)(O)OCc3ccc4ccccc4c3)C(O)C2O)c(=O)n1. The zero-order valence-corrected chi connectivity index (χ0v) is 22.8. The monoisotopic (exact) mass is 599 g/mol. The molecular weight excluding hydrogens is 572 g/mol. The van der Waals surface area contributed by atoms with Gasteiger partial charge < -0.3 is 30.1 Å². The Labute approximate surface area is 227 Å². The van der Waals surface area contributed by atoms with E-state index in [9.17, 15) is 38.7 Å². The van der Waals surface area contributed by atoms with Crippen molar-refractivity contribution < 1.29 is 52.0 Å². The Bertz CT molecular complexity index is 1530. The average Bonchev–Trinajstić information content (AvgIpc) is 3.19. The number of aliphatic hydroxyl groups is 2. The molecule has 0 saturated carbocycles. The Morgan fingerprint density at radius 1 is 1.05 bits per heavy atom. The second-order valence-corrected chi connectivity index (χ2v) is 11.8. The smallest absolute Gasteiger partial charge is 0.387 e. The lowest BCUT2D eigenvalue weighted by Gasteiger charge is -2.19. The third-order valence-corrected chi connectivity index (χ3v) is 8.43. The number of phosphoric acid groups is 2. The molecule has 0 aliphatic carbocycles. The highest BCUT2D eigenvalue weighted by atomic mass is 31.3. The number of anilines is 1. The maximum Gasteiger partial charge on any atom is 0.481 e. The standard InChI is InChI=1S/C23H27N3O12P2/c1-2-19(27)24-18-9-10-26(23(30)25-18)22-21(29)20(28)17(37-22)13-36-40(33,34)38-39(31,32)35-12-14-7-8-15-5-3-4-6-16(15)11-14/h3-11,17,20-22,28-29H,2,12-13H2,1H3,(H,31,32)(H,33,34)(H,24,25,27,30). The van der Waals surface area contributed by atoms with Crippen LogP contribution in [-0.2, 0) is 38.6 Å². The Kier molecular flexibility index (Phi) is 9.33. The fourth-order valence-electron chi connectivity index (χ4n) is 3.83. The number of hydrogen-bond donors (Lipinski definition) is 5. The number of phosphoric ester groups is 2. The van der Waals surface area contributed by atoms with Gasteiger partial charge in [-0.1, -0.05) is 43.3 Å². The van der Waals surface area contributed by atoms with E-state index in [1.807, 2.05) is 24.3 Å². The molecule has 17 heteroatoms. The zero-order valence-electron chi connectivity index (χ0n) is 21.0. The topological polar surface area (TPSA) is 216 Å². The van der Waals surface area contributed by atoms with Crippen molar-refractivity contribution in [2.75, 3.05) is 11.9 Å². The van der Waals surface area contributed by atoms with E-state index in [0.29, 0.717) is 5.56 Å². The molecule has 0 bridgehead atoms. The van der Waals surface area contributed by atoms with Crippen LogP contribution in [0.25, 0.3) is 10.8 Å². The van der Waals surface area contributed by atoms with Gasteiger partial charge in [0.1, 0.15) is 24.1 Å². The van der Waals surface area contributed by atoms with Crippen molar-refractivity contribution in [3.05, 3.63) is 70.8 Å². The summed E-state index contributed by atoms with van der Waals surface area (Å²) in [6, 6.07) is 13.8. The van der Waals surface area contributed by atoms with Gasteiger partial charge in [0.15, 0.2) is 6.23 Å². The van der Waals surface area contributed by atoms with Gasteiger partial charge in [0.25, 0.3) is 0 Å². The first-order valence-electron chi connectivity index (χ1n) is 11.9. The van der Waals surface area contributed by atoms with E-state index in [-0.39, 0.29) is 18.1 Å². The third kappa shape index (κ3) is 7.47. The molecule has 1 aromatic heterocycles. The number of hydrogen-bond acceptors (Lipinski definition) is 11. The van der Waals surface area contributed by atoms with Crippen LogP contribution in [0.5, 0.6) is 0 Å². The number of aliphatic hydroxyl groups excluding tert-OH is 2. The van der Waals surface area contributed by atoms with Gasteiger partial charge in [0.05, 0.1) is 13.2 Å². The minimum atomic E-state index is -5.23. The van der Waals surface area contributed by atoms with Gasteiger partial charge in [-0.25, -0.2) is 13.9 Å². The molecule has 40 heavy (non-hydrogen) atoms. The summed E-state index contributed by atoms with van der Waals surface area (Å²) >= 11 is 0. The van der Waals surface area contributed by atoms with Crippen molar-refractivity contribution in [2.24, 2.45) is 0 Å². The van der Waals surface area contributed by atoms with E-state index in [1.54, 1.807) is 25.1 Å². The molecule has 1 aliphatic rings. The molecular formula is C23H27N3O12P2. The Hall–Kier alpha value is -2.81. The summed E-state index contributed by atoms with van der Waals surface area (Å²) in [6.07, 6.45) is -4.97. The lowest BCUT2D eigenvalue weighted by atomic mass is 10.1. The minimum Gasteiger partial charge on any atom is -0.387 e. The minimum absolute atomic E-state index is 0.0318. The molecule has 6 atom stereocenters. The van der Waals surface area contributed by atoms with Crippen LogP contribution in [0.15, 0.2) is 59.5 Å². The predicted octanol–water partition coefficient (Wildman–Crippen LogP) is 1.81. The van der Waals surface area contributed by atoms with Crippen LogP contribution in [0.1, 0.15) is 25.1 Å². The summed E-state index contributed by atoms with van der Waals surface area (Å²) in [5.41, 5.74) is -0.425. The van der Waals surface area contributed by atoms with Crippen molar-refractivity contribution >= 4 is 38.1 Å². The maximum absolute atomic E-state index is 12.4. The summed E-state index contributed by atoms with van der Waals surface area (Å²) in [5.74, 6) is -0.410. The van der Waals surface area contributed by atoms with E-state index < -0.39 is 59.1 Å². The van der Waals surface area contributed by atoms with Gasteiger partial charge >= 0.3 is 21.3 Å². The molecule has 3 aromatic rings. The van der Waals surface area contributed by atoms with Crippen molar-refractivity contribution in [2.45, 2.75) is 44.5 Å². The van der Waals surface area contributed by atoms with Crippen LogP contribution in [0, 0.1) is 0 Å². The van der Waals surface area contributed by atoms with Gasteiger partial charge in [-0.2, -0.15) is 9.29 Å². The molecule has 1 fully saturated rings. The second-order valence-electron chi connectivity index (χ2n) is 8.72. The number of carbonyl (C=O) groups is 1. The highest BCUT2D eigenvalue weighted by molar-refractivity contribution is 7.61. The molecule has 1 amide bonds. The van der Waals surface area contributed by atoms with E-state index in [2.05, 4.69) is 14.6 Å². The molecule has 15 nitrogen and oxygen atoms in total. The fourth-order valence-corrected chi connectivity index (χ4v) is 5.90. The van der Waals surface area contributed by atoms with Crippen molar-refractivity contribution in [3.63, 3.8) is 0 Å². The number of rotatable bonds is 11. The third-order valence-electron chi connectivity index (χ3n) is 5.85. The molecule has 1 aliphatic heterocycles. The van der Waals surface area contributed by atoms with Crippen LogP contribution in [-0.4, -0.2) is 60.4 Å². The normalized spacial score (nSPS) is 23.9. The van der Waals surface area contributed by atoms with Crippen LogP contribution in [0.4, 0.5) is 5.82 Å². The first-order chi connectivity index (χ1) is 18.9. The van der Waals surface area contributed by atoms with Crippen molar-refractivity contribution in [1.29, 1.82) is 0 Å². The van der Waals surface area contributed by atoms with Gasteiger partial charge in [-0.15, -0.1) is 0 Å². The number of benzene rings is 2. The van der Waals surface area contributed by atoms with E-state index in [0.717, 1.165) is 15.3 Å². The molecule has 2 aromatic carbocycles. The van der Waals surface area contributed by atoms with E-state index in [4.69, 9.17) is 13.8 Å². The first kappa shape index (κ1) is 30.2. The van der Waals surface area contributed by atoms with Crippen molar-refractivity contribution in [1.82, 2.24) is 9.55 Å². The summed E-state index contributed by atoms with van der Waals surface area (Å²) in [4.78, 5) is 47.4. The van der Waals surface area contributed by atoms with Gasteiger partial charge in [0, 0.05) is 12.6 Å². The van der Waals surface area contributed by atoms with Crippen LogP contribution < -0.4 is 11.0 Å². The molecule has 4 rings (SSSR count). The number of fused-ring (bicyclic) bond motifs is 1. The molecule has 2 heterocycles. The van der Waals surface area contributed by atoms with Crippen LogP contribution in [0.2, 0.25) is 0 Å². The number of carbonyl (C=O) groups excluding carboxylic acids is 1. The van der Waals surface area contributed by atoms with Gasteiger partial charge in [0.2, 0.25) is 5.91 Å². The Morgan fingerprint density at radius 2 is 1.75 bits per heavy atom.